The minimum atomic E-state index is -2.95. The highest BCUT2D eigenvalue weighted by Gasteiger charge is 2.37. The Kier molecular flexibility index (Phi) is 3.53. The lowest BCUT2D eigenvalue weighted by atomic mass is 9.98. The Morgan fingerprint density at radius 3 is 2.64 bits per heavy atom. The number of halogens is 1. The van der Waals surface area contributed by atoms with Gasteiger partial charge < -0.3 is 5.73 Å². The molecule has 84 valence electrons. The van der Waals surface area contributed by atoms with Crippen LogP contribution < -0.4 is 5.73 Å². The van der Waals surface area contributed by atoms with E-state index in [1.807, 2.05) is 0 Å². The Balaban J connectivity index is 2.31. The van der Waals surface area contributed by atoms with Gasteiger partial charge in [-0.1, -0.05) is 0 Å². The first-order valence-corrected chi connectivity index (χ1v) is 6.99. The molecule has 2 atom stereocenters. The monoisotopic (exact) mass is 223 g/mol. The minimum absolute atomic E-state index is 0.0433. The van der Waals surface area contributed by atoms with E-state index < -0.39 is 15.5 Å². The van der Waals surface area contributed by atoms with Crippen LogP contribution in [0.3, 0.4) is 0 Å². The van der Waals surface area contributed by atoms with Crippen LogP contribution in [0.1, 0.15) is 32.1 Å². The molecular weight excluding hydrogens is 205 g/mol. The maximum absolute atomic E-state index is 13.9. The molecular formula is C9H18FNO2S. The van der Waals surface area contributed by atoms with Crippen LogP contribution in [0.2, 0.25) is 0 Å². The first kappa shape index (κ1) is 11.9. The van der Waals surface area contributed by atoms with Crippen molar-refractivity contribution in [3.63, 3.8) is 0 Å². The largest absolute Gasteiger partial charge is 0.328 e. The van der Waals surface area contributed by atoms with Crippen LogP contribution in [0.15, 0.2) is 0 Å². The van der Waals surface area contributed by atoms with E-state index in [1.54, 1.807) is 0 Å². The van der Waals surface area contributed by atoms with Gasteiger partial charge in [-0.25, -0.2) is 12.8 Å². The highest BCUT2D eigenvalue weighted by Crippen LogP contribution is 2.36. The van der Waals surface area contributed by atoms with E-state index in [-0.39, 0.29) is 11.8 Å². The van der Waals surface area contributed by atoms with E-state index in [0.717, 1.165) is 6.42 Å². The normalized spacial score (nSPS) is 33.5. The lowest BCUT2D eigenvalue weighted by molar-refractivity contribution is 0.156. The van der Waals surface area contributed by atoms with Crippen LogP contribution in [0, 0.1) is 0 Å². The van der Waals surface area contributed by atoms with E-state index >= 15 is 0 Å². The number of alkyl halides is 1. The lowest BCUT2D eigenvalue weighted by Gasteiger charge is -2.18. The Labute approximate surface area is 84.8 Å². The summed E-state index contributed by atoms with van der Waals surface area (Å²) >= 11 is 0. The highest BCUT2D eigenvalue weighted by molar-refractivity contribution is 7.90. The van der Waals surface area contributed by atoms with Crippen molar-refractivity contribution in [3.05, 3.63) is 0 Å². The first-order chi connectivity index (χ1) is 6.31. The van der Waals surface area contributed by atoms with Gasteiger partial charge >= 0.3 is 0 Å². The van der Waals surface area contributed by atoms with Crippen molar-refractivity contribution in [3.8, 4) is 0 Å². The second kappa shape index (κ2) is 4.14. The molecule has 0 aromatic carbocycles. The fraction of sp³-hybridized carbons (Fsp3) is 1.00. The van der Waals surface area contributed by atoms with Crippen LogP contribution in [0.25, 0.3) is 0 Å². The summed E-state index contributed by atoms with van der Waals surface area (Å²) in [6.07, 6.45) is 3.50. The Hall–Kier alpha value is -0.160. The van der Waals surface area contributed by atoms with Gasteiger partial charge in [0.25, 0.3) is 0 Å². The Bertz CT molecular complexity index is 291. The number of sulfone groups is 1. The molecule has 5 heteroatoms. The summed E-state index contributed by atoms with van der Waals surface area (Å²) in [7, 11) is -2.95. The van der Waals surface area contributed by atoms with Crippen LogP contribution in [-0.4, -0.2) is 32.1 Å². The Morgan fingerprint density at radius 1 is 1.57 bits per heavy atom. The maximum Gasteiger partial charge on any atom is 0.147 e. The summed E-state index contributed by atoms with van der Waals surface area (Å²) in [5, 5.41) is 0. The molecule has 1 saturated carbocycles. The van der Waals surface area contributed by atoms with Gasteiger partial charge in [-0.15, -0.1) is 0 Å². The summed E-state index contributed by atoms with van der Waals surface area (Å²) in [5.74, 6) is 0.0773. The van der Waals surface area contributed by atoms with Crippen molar-refractivity contribution in [2.24, 2.45) is 5.73 Å². The van der Waals surface area contributed by atoms with Gasteiger partial charge in [0, 0.05) is 18.1 Å². The average Bonchev–Trinajstić information content (AvgIpc) is 2.28. The number of rotatable bonds is 4. The van der Waals surface area contributed by atoms with Crippen LogP contribution in [0.4, 0.5) is 4.39 Å². The highest BCUT2D eigenvalue weighted by atomic mass is 32.2. The fourth-order valence-electron chi connectivity index (χ4n) is 2.00. The van der Waals surface area contributed by atoms with Gasteiger partial charge in [-0.05, 0) is 32.1 Å². The predicted molar refractivity (Wildman–Crippen MR) is 54.6 cm³/mol. The van der Waals surface area contributed by atoms with Crippen LogP contribution in [-0.2, 0) is 9.84 Å². The van der Waals surface area contributed by atoms with Crippen molar-refractivity contribution in [2.45, 2.75) is 43.8 Å². The minimum Gasteiger partial charge on any atom is -0.328 e. The van der Waals surface area contributed by atoms with Crippen molar-refractivity contribution >= 4 is 9.84 Å². The van der Waals surface area contributed by atoms with Crippen molar-refractivity contribution in [2.75, 3.05) is 12.0 Å². The summed E-state index contributed by atoms with van der Waals surface area (Å²) in [4.78, 5) is 0. The maximum atomic E-state index is 13.9. The first-order valence-electron chi connectivity index (χ1n) is 4.93. The third-order valence-corrected chi connectivity index (χ3v) is 3.76. The third kappa shape index (κ3) is 3.92. The molecule has 0 amide bonds. The van der Waals surface area contributed by atoms with Gasteiger partial charge in [0.1, 0.15) is 15.5 Å². The van der Waals surface area contributed by atoms with E-state index in [0.29, 0.717) is 25.7 Å². The van der Waals surface area contributed by atoms with Gasteiger partial charge in [-0.2, -0.15) is 0 Å². The van der Waals surface area contributed by atoms with E-state index in [4.69, 9.17) is 5.73 Å². The van der Waals surface area contributed by atoms with Gasteiger partial charge in [0.2, 0.25) is 0 Å². The molecule has 0 heterocycles. The van der Waals surface area contributed by atoms with Crippen LogP contribution in [0.5, 0.6) is 0 Å². The lowest BCUT2D eigenvalue weighted by Crippen LogP contribution is -2.24. The van der Waals surface area contributed by atoms with Gasteiger partial charge in [-0.3, -0.25) is 0 Å². The number of hydrogen-bond donors (Lipinski definition) is 1. The summed E-state index contributed by atoms with van der Waals surface area (Å²) in [6, 6.07) is -0.0433. The van der Waals surface area contributed by atoms with Crippen molar-refractivity contribution in [1.29, 1.82) is 0 Å². The molecule has 0 saturated heterocycles. The molecule has 0 radical (unpaired) electrons. The molecule has 3 nitrogen and oxygen atoms in total. The zero-order valence-corrected chi connectivity index (χ0v) is 9.32. The molecule has 0 aromatic heterocycles. The molecule has 1 aliphatic carbocycles. The number of hydrogen-bond acceptors (Lipinski definition) is 3. The zero-order chi connectivity index (χ0) is 10.8. The molecule has 2 N–H and O–H groups in total. The second-order valence-corrected chi connectivity index (χ2v) is 6.65. The molecule has 1 rings (SSSR count). The van der Waals surface area contributed by atoms with Gasteiger partial charge in [0.05, 0.1) is 0 Å². The topological polar surface area (TPSA) is 60.2 Å². The van der Waals surface area contributed by atoms with E-state index in [1.165, 1.54) is 6.26 Å². The third-order valence-electron chi connectivity index (χ3n) is 2.73. The fourth-order valence-corrected chi connectivity index (χ4v) is 2.67. The summed E-state index contributed by atoms with van der Waals surface area (Å²) < 4.78 is 35.5. The molecule has 0 bridgehead atoms. The average molecular weight is 223 g/mol. The molecule has 0 aromatic rings. The van der Waals surface area contributed by atoms with Gasteiger partial charge in [0.15, 0.2) is 0 Å². The van der Waals surface area contributed by atoms with E-state index in [9.17, 15) is 12.8 Å². The number of nitrogens with two attached hydrogens (primary N) is 1. The van der Waals surface area contributed by atoms with Crippen molar-refractivity contribution < 1.29 is 12.8 Å². The standard InChI is InChI=1S/C9H18FNO2S/c1-14(12,13)6-2-4-9(10)5-3-8(11)7-9/h8H,2-7,11H2,1H3. The van der Waals surface area contributed by atoms with E-state index in [2.05, 4.69) is 0 Å². The molecule has 0 spiro atoms. The molecule has 2 unspecified atom stereocenters. The van der Waals surface area contributed by atoms with Crippen LogP contribution >= 0.6 is 0 Å². The quantitative estimate of drug-likeness (QED) is 0.774. The summed E-state index contributed by atoms with van der Waals surface area (Å²) in [5.41, 5.74) is 4.41. The van der Waals surface area contributed by atoms with Crippen molar-refractivity contribution in [1.82, 2.24) is 0 Å². The molecule has 1 fully saturated rings. The molecule has 1 aliphatic rings. The zero-order valence-electron chi connectivity index (χ0n) is 8.50. The smallest absolute Gasteiger partial charge is 0.147 e. The Morgan fingerprint density at radius 2 is 2.21 bits per heavy atom. The predicted octanol–water partition coefficient (Wildman–Crippen LogP) is 1.03. The SMILES string of the molecule is CS(=O)(=O)CCCC1(F)CCC(N)C1. The second-order valence-electron chi connectivity index (χ2n) is 4.39. The summed E-state index contributed by atoms with van der Waals surface area (Å²) in [6.45, 7) is 0. The molecule has 14 heavy (non-hydrogen) atoms. The molecule has 0 aliphatic heterocycles.